The van der Waals surface area contributed by atoms with Gasteiger partial charge >= 0.3 is 12.1 Å². The fraction of sp³-hybridized carbons (Fsp3) is 0.943. The summed E-state index contributed by atoms with van der Waals surface area (Å²) in [5.74, 6) is -2.25. The first-order valence-electron chi connectivity index (χ1n) is 18.2. The van der Waals surface area contributed by atoms with Gasteiger partial charge in [0.05, 0.1) is 35.9 Å². The van der Waals surface area contributed by atoms with Crippen LogP contribution in [0.1, 0.15) is 74.7 Å². The van der Waals surface area contributed by atoms with Gasteiger partial charge in [-0.1, -0.05) is 27.7 Å². The second-order valence-electron chi connectivity index (χ2n) is 17.0. The number of rotatable bonds is 6. The molecule has 1 amide bonds. The van der Waals surface area contributed by atoms with Crippen LogP contribution >= 0.6 is 0 Å². The van der Waals surface area contributed by atoms with Crippen molar-refractivity contribution < 1.29 is 42.8 Å². The number of esters is 1. The first-order valence-corrected chi connectivity index (χ1v) is 21.6. The Morgan fingerprint density at radius 1 is 1.10 bits per heavy atom. The Bertz CT molecular complexity index is 1200. The number of cyclic esters (lactones) is 1. The lowest BCUT2D eigenvalue weighted by atomic mass is 9.72. The monoisotopic (exact) mass is 697 g/mol. The molecule has 5 heterocycles. The third-order valence-electron chi connectivity index (χ3n) is 12.0. The van der Waals surface area contributed by atoms with Crippen LogP contribution in [0.4, 0.5) is 4.79 Å². The largest absolute Gasteiger partial charge is 0.458 e. The van der Waals surface area contributed by atoms with Gasteiger partial charge < -0.3 is 38.1 Å². The van der Waals surface area contributed by atoms with E-state index in [0.29, 0.717) is 25.9 Å². The zero-order valence-corrected chi connectivity index (χ0v) is 32.6. The second-order valence-corrected chi connectivity index (χ2v) is 21.5. The van der Waals surface area contributed by atoms with Crippen molar-refractivity contribution in [2.24, 2.45) is 23.7 Å². The van der Waals surface area contributed by atoms with E-state index in [0.717, 1.165) is 6.42 Å². The van der Waals surface area contributed by atoms with E-state index in [2.05, 4.69) is 71.6 Å². The number of amides is 1. The van der Waals surface area contributed by atoms with Crippen molar-refractivity contribution >= 4 is 20.4 Å². The molecule has 0 aliphatic carbocycles. The fourth-order valence-corrected chi connectivity index (χ4v) is 10.8. The molecule has 48 heavy (non-hydrogen) atoms. The van der Waals surface area contributed by atoms with Gasteiger partial charge in [-0.25, -0.2) is 4.79 Å². The zero-order chi connectivity index (χ0) is 35.7. The number of likely N-dealkylation sites (N-methyl/N-ethyl adjacent to an activating group) is 1. The number of carbonyl (C=O) groups is 2. The number of carbonyl (C=O) groups excluding carboxylic acids is 2. The zero-order valence-electron chi connectivity index (χ0n) is 31.6. The molecule has 5 aliphatic heterocycles. The Balaban J connectivity index is 1.63. The molecule has 3 bridgehead atoms. The Morgan fingerprint density at radius 2 is 1.77 bits per heavy atom. The Morgan fingerprint density at radius 3 is 2.38 bits per heavy atom. The third-order valence-corrected chi connectivity index (χ3v) is 13.0. The lowest BCUT2D eigenvalue weighted by molar-refractivity contribution is -0.304. The van der Waals surface area contributed by atoms with E-state index in [4.69, 9.17) is 28.1 Å². The number of nitrogens with one attached hydrogen (secondary N) is 1. The molecular weight excluding hydrogens is 634 g/mol. The van der Waals surface area contributed by atoms with E-state index in [9.17, 15) is 14.7 Å². The van der Waals surface area contributed by atoms with E-state index in [1.165, 1.54) is 0 Å². The molecule has 0 aromatic rings. The summed E-state index contributed by atoms with van der Waals surface area (Å²) in [6, 6.07) is -0.381. The Hall–Kier alpha value is -1.32. The molecule has 0 radical (unpaired) electrons. The molecule has 12 nitrogen and oxygen atoms in total. The van der Waals surface area contributed by atoms with E-state index in [-0.39, 0.29) is 30.1 Å². The van der Waals surface area contributed by atoms with Gasteiger partial charge in [0.2, 0.25) is 0 Å². The van der Waals surface area contributed by atoms with E-state index < -0.39 is 79.8 Å². The van der Waals surface area contributed by atoms with E-state index >= 15 is 0 Å². The molecule has 276 valence electrons. The molecule has 0 aromatic carbocycles. The number of hydrogen-bond acceptors (Lipinski definition) is 11. The molecule has 5 rings (SSSR count). The summed E-state index contributed by atoms with van der Waals surface area (Å²) >= 11 is 0. The molecule has 5 aliphatic rings. The van der Waals surface area contributed by atoms with Gasteiger partial charge in [0, 0.05) is 36.9 Å². The van der Waals surface area contributed by atoms with Gasteiger partial charge in [-0.15, -0.1) is 0 Å². The summed E-state index contributed by atoms with van der Waals surface area (Å²) in [6.45, 7) is 23.2. The molecule has 1 unspecified atom stereocenters. The SMILES string of the molecule is CC[C@H]1OC(=O)[C@H](C)[C@@H](O)[C@@H](C)[C@@H](O[C@@H]2O[C@H](C)C[C@H](N(C)C)[C@H]2O[Si](C)(C)C)[C@@]2(C)C[C@@H](C)C3(NCCN4C(=O)O[C@@]1(C)[C@@H]4[C@H]3C)O2. The Kier molecular flexibility index (Phi) is 10.5. The standard InChI is InChI=1S/C35H63N3O9Si/c1-14-25-34(8)28-23(6)35(36-15-16-38(28)32(41)45-34)19(2)18-33(7,47-35)29(21(4)26(39)22(5)30(40)43-25)44-31-27(46-48(11,12)13)24(37(9)10)17-20(3)42-31/h19-29,31,36,39H,14-18H2,1-13H3/t19-,20-,21-,22-,23-,24+,25-,26+,27-,28+,29-,31+,33-,34-,35?/m1/s1. The van der Waals surface area contributed by atoms with Gasteiger partial charge in [-0.2, -0.15) is 0 Å². The van der Waals surface area contributed by atoms with Gasteiger partial charge in [0.15, 0.2) is 20.2 Å². The van der Waals surface area contributed by atoms with Crippen molar-refractivity contribution in [2.75, 3.05) is 27.2 Å². The van der Waals surface area contributed by atoms with Crippen LogP contribution in [0.2, 0.25) is 19.6 Å². The average molecular weight is 698 g/mol. The first kappa shape index (κ1) is 37.9. The predicted octanol–water partition coefficient (Wildman–Crippen LogP) is 3.96. The molecular formula is C35H63N3O9Si. The van der Waals surface area contributed by atoms with E-state index in [1.54, 1.807) is 11.8 Å². The molecule has 13 heteroatoms. The predicted molar refractivity (Wildman–Crippen MR) is 183 cm³/mol. The number of nitrogens with zero attached hydrogens (tertiary/aromatic N) is 2. The minimum Gasteiger partial charge on any atom is -0.458 e. The van der Waals surface area contributed by atoms with Crippen LogP contribution < -0.4 is 5.32 Å². The summed E-state index contributed by atoms with van der Waals surface area (Å²) < 4.78 is 40.3. The highest BCUT2D eigenvalue weighted by Gasteiger charge is 2.68. The van der Waals surface area contributed by atoms with Crippen LogP contribution in [0.25, 0.3) is 0 Å². The number of hydrogen-bond donors (Lipinski definition) is 2. The topological polar surface area (TPSA) is 128 Å². The van der Waals surface area contributed by atoms with Gasteiger partial charge in [0.25, 0.3) is 0 Å². The highest BCUT2D eigenvalue weighted by molar-refractivity contribution is 6.69. The van der Waals surface area contributed by atoms with Crippen LogP contribution in [0.3, 0.4) is 0 Å². The lowest BCUT2D eigenvalue weighted by Gasteiger charge is -2.50. The van der Waals surface area contributed by atoms with Crippen LogP contribution in [0.5, 0.6) is 0 Å². The van der Waals surface area contributed by atoms with Crippen molar-refractivity contribution in [1.29, 1.82) is 0 Å². The maximum atomic E-state index is 13.9. The van der Waals surface area contributed by atoms with Crippen molar-refractivity contribution in [3.63, 3.8) is 0 Å². The smallest absolute Gasteiger partial charge is 0.410 e. The summed E-state index contributed by atoms with van der Waals surface area (Å²) in [5, 5.41) is 15.7. The number of fused-ring (bicyclic) bond motifs is 1. The van der Waals surface area contributed by atoms with Crippen LogP contribution in [0.15, 0.2) is 0 Å². The second kappa shape index (κ2) is 13.3. The third kappa shape index (κ3) is 6.48. The molecule has 0 saturated carbocycles. The normalized spacial score (nSPS) is 48.7. The molecule has 5 saturated heterocycles. The van der Waals surface area contributed by atoms with Crippen molar-refractivity contribution in [2.45, 2.75) is 160 Å². The highest BCUT2D eigenvalue weighted by Crippen LogP contribution is 2.54. The highest BCUT2D eigenvalue weighted by atomic mass is 28.4. The van der Waals surface area contributed by atoms with Crippen LogP contribution in [0, 0.1) is 23.7 Å². The molecule has 0 aromatic heterocycles. The van der Waals surface area contributed by atoms with Gasteiger partial charge in [0.1, 0.15) is 17.9 Å². The Labute approximate surface area is 288 Å². The number of aliphatic hydroxyl groups excluding tert-OH is 1. The number of aliphatic hydroxyl groups is 1. The quantitative estimate of drug-likeness (QED) is 0.309. The van der Waals surface area contributed by atoms with E-state index in [1.807, 2.05) is 20.8 Å². The van der Waals surface area contributed by atoms with Crippen LogP contribution in [-0.2, 0) is 32.9 Å². The van der Waals surface area contributed by atoms with Crippen LogP contribution in [-0.4, -0.2) is 128 Å². The van der Waals surface area contributed by atoms with Crippen molar-refractivity contribution in [3.8, 4) is 0 Å². The summed E-state index contributed by atoms with van der Waals surface area (Å²) in [7, 11) is 2.06. The summed E-state index contributed by atoms with van der Waals surface area (Å²) in [5.41, 5.74) is -2.91. The minimum atomic E-state index is -2.06. The maximum absolute atomic E-state index is 13.9. The summed E-state index contributed by atoms with van der Waals surface area (Å²) in [6.07, 6.45) is -2.31. The summed E-state index contributed by atoms with van der Waals surface area (Å²) in [4.78, 5) is 31.3. The fourth-order valence-electron chi connectivity index (χ4n) is 9.73. The molecule has 15 atom stereocenters. The average Bonchev–Trinajstić information content (AvgIpc) is 3.34. The van der Waals surface area contributed by atoms with Gasteiger partial charge in [-0.3, -0.25) is 15.0 Å². The minimum absolute atomic E-state index is 0.00872. The van der Waals surface area contributed by atoms with Gasteiger partial charge in [-0.05, 0) is 80.7 Å². The molecule has 1 spiro atoms. The maximum Gasteiger partial charge on any atom is 0.410 e. The van der Waals surface area contributed by atoms with Crippen molar-refractivity contribution in [3.05, 3.63) is 0 Å². The molecule has 2 N–H and O–H groups in total. The number of ether oxygens (including phenoxy) is 5. The lowest BCUT2D eigenvalue weighted by Crippen LogP contribution is -2.64. The molecule has 5 fully saturated rings. The van der Waals surface area contributed by atoms with Crippen molar-refractivity contribution in [1.82, 2.24) is 15.1 Å². The first-order chi connectivity index (χ1) is 22.2.